The minimum Gasteiger partial charge on any atom is -0.287 e. The SMILES string of the molecule is O=S(O)(O)(O)CF. The Morgan fingerprint density at radius 1 is 1.43 bits per heavy atom. The Kier molecular flexibility index (Phi) is 1.21. The maximum atomic E-state index is 10.9. The van der Waals surface area contributed by atoms with Crippen LogP contribution < -0.4 is 0 Å². The van der Waals surface area contributed by atoms with Gasteiger partial charge in [-0.2, -0.15) is 0 Å². The van der Waals surface area contributed by atoms with Gasteiger partial charge in [-0.25, -0.2) is 8.60 Å². The van der Waals surface area contributed by atoms with Crippen LogP contribution in [0, 0.1) is 0 Å². The van der Waals surface area contributed by atoms with E-state index in [-0.39, 0.29) is 0 Å². The summed E-state index contributed by atoms with van der Waals surface area (Å²) in [6, 6.07) is -2.04. The molecular weight excluding hydrogens is 127 g/mol. The molecule has 0 bridgehead atoms. The van der Waals surface area contributed by atoms with Gasteiger partial charge in [0.25, 0.3) is 0 Å². The van der Waals surface area contributed by atoms with Crippen molar-refractivity contribution in [3.63, 3.8) is 0 Å². The average molecular weight is 132 g/mol. The molecular formula is CH5FO4S. The molecule has 0 radical (unpaired) electrons. The highest BCUT2D eigenvalue weighted by Crippen LogP contribution is 2.08. The Hall–Kier alpha value is -0.0400. The van der Waals surface area contributed by atoms with Crippen LogP contribution in [0.5, 0.6) is 0 Å². The molecule has 0 unspecified atom stereocenters. The lowest BCUT2D eigenvalue weighted by Crippen LogP contribution is -2.31. The van der Waals surface area contributed by atoms with Gasteiger partial charge in [0.2, 0.25) is 15.9 Å². The van der Waals surface area contributed by atoms with Crippen LogP contribution >= 0.6 is 0 Å². The Bertz CT molecular complexity index is 113. The molecule has 0 spiro atoms. The summed E-state index contributed by atoms with van der Waals surface area (Å²) < 4.78 is 43.1. The van der Waals surface area contributed by atoms with Gasteiger partial charge in [0.1, 0.15) is 0 Å². The summed E-state index contributed by atoms with van der Waals surface area (Å²) >= 11 is 0. The molecule has 6 heteroatoms. The third-order valence-corrected chi connectivity index (χ3v) is 0.573. The number of hydrogen-bond donors (Lipinski definition) is 3. The highest BCUT2D eigenvalue weighted by atomic mass is 32.3. The van der Waals surface area contributed by atoms with Crippen LogP contribution in [0.4, 0.5) is 4.39 Å². The molecule has 0 aromatic heterocycles. The first-order valence-corrected chi connectivity index (χ1v) is 3.28. The van der Waals surface area contributed by atoms with Gasteiger partial charge >= 0.3 is 0 Å². The van der Waals surface area contributed by atoms with Crippen molar-refractivity contribution < 1.29 is 22.3 Å². The maximum absolute atomic E-state index is 10.9. The van der Waals surface area contributed by atoms with E-state index in [9.17, 15) is 8.60 Å². The zero-order valence-corrected chi connectivity index (χ0v) is 4.06. The lowest BCUT2D eigenvalue weighted by atomic mass is 11.8. The Morgan fingerprint density at radius 2 is 1.57 bits per heavy atom. The van der Waals surface area contributed by atoms with Gasteiger partial charge < -0.3 is 0 Å². The second-order valence-corrected chi connectivity index (χ2v) is 3.25. The summed E-state index contributed by atoms with van der Waals surface area (Å²) in [5, 5.41) is 0. The topological polar surface area (TPSA) is 77.8 Å². The summed E-state index contributed by atoms with van der Waals surface area (Å²) in [6.07, 6.45) is 0. The number of hydrogen-bond acceptors (Lipinski definition) is 1. The van der Waals surface area contributed by atoms with Crippen LogP contribution in [0.25, 0.3) is 0 Å². The number of rotatable bonds is 1. The van der Waals surface area contributed by atoms with Crippen molar-refractivity contribution in [2.75, 3.05) is 6.01 Å². The maximum Gasteiger partial charge on any atom is 0.214 e. The van der Waals surface area contributed by atoms with Gasteiger partial charge in [0, 0.05) is 0 Å². The largest absolute Gasteiger partial charge is 0.287 e. The smallest absolute Gasteiger partial charge is 0.214 e. The molecule has 0 aliphatic rings. The lowest BCUT2D eigenvalue weighted by molar-refractivity contribution is 0.267. The van der Waals surface area contributed by atoms with E-state index in [4.69, 9.17) is 13.7 Å². The number of halogens is 1. The Morgan fingerprint density at radius 3 is 1.57 bits per heavy atom. The molecule has 0 atom stereocenters. The van der Waals surface area contributed by atoms with Gasteiger partial charge in [-0.1, -0.05) is 0 Å². The van der Waals surface area contributed by atoms with Crippen molar-refractivity contribution in [1.82, 2.24) is 0 Å². The number of alkyl halides is 1. The fourth-order valence-corrected chi connectivity index (χ4v) is 0. The fourth-order valence-electron chi connectivity index (χ4n) is 0. The summed E-state index contributed by atoms with van der Waals surface area (Å²) in [6.45, 7) is 0. The average Bonchev–Trinajstić information content (AvgIpc) is 1.32. The van der Waals surface area contributed by atoms with Crippen LogP contribution in [0.2, 0.25) is 0 Å². The van der Waals surface area contributed by atoms with Gasteiger partial charge in [-0.3, -0.25) is 13.7 Å². The summed E-state index contributed by atoms with van der Waals surface area (Å²) in [5.74, 6) is 0. The molecule has 7 heavy (non-hydrogen) atoms. The van der Waals surface area contributed by atoms with Gasteiger partial charge in [-0.15, -0.1) is 0 Å². The first-order valence-electron chi connectivity index (χ1n) is 1.27. The molecule has 0 rings (SSSR count). The Labute approximate surface area is 39.2 Å². The van der Waals surface area contributed by atoms with Gasteiger partial charge in [-0.05, 0) is 0 Å². The van der Waals surface area contributed by atoms with E-state index in [1.807, 2.05) is 0 Å². The molecule has 0 amide bonds. The molecule has 0 saturated carbocycles. The van der Waals surface area contributed by atoms with Crippen molar-refractivity contribution in [1.29, 1.82) is 0 Å². The molecule has 0 aromatic carbocycles. The van der Waals surface area contributed by atoms with E-state index < -0.39 is 15.9 Å². The summed E-state index contributed by atoms with van der Waals surface area (Å²) in [7, 11) is -5.78. The van der Waals surface area contributed by atoms with Crippen LogP contribution in [-0.2, 0) is 9.91 Å². The molecule has 0 saturated heterocycles. The molecule has 0 aliphatic carbocycles. The molecule has 0 fully saturated rings. The van der Waals surface area contributed by atoms with Crippen molar-refractivity contribution in [2.45, 2.75) is 0 Å². The molecule has 0 aromatic rings. The molecule has 0 aliphatic heterocycles. The van der Waals surface area contributed by atoms with E-state index in [0.717, 1.165) is 0 Å². The van der Waals surface area contributed by atoms with E-state index in [1.165, 1.54) is 0 Å². The van der Waals surface area contributed by atoms with Crippen LogP contribution in [0.15, 0.2) is 0 Å². The molecule has 4 nitrogen and oxygen atoms in total. The minimum atomic E-state index is -5.78. The van der Waals surface area contributed by atoms with Crippen molar-refractivity contribution >= 4 is 9.91 Å². The van der Waals surface area contributed by atoms with Crippen molar-refractivity contribution in [3.8, 4) is 0 Å². The van der Waals surface area contributed by atoms with Crippen LogP contribution in [0.1, 0.15) is 0 Å². The zero-order valence-electron chi connectivity index (χ0n) is 3.24. The summed E-state index contributed by atoms with van der Waals surface area (Å²) in [4.78, 5) is 0. The van der Waals surface area contributed by atoms with E-state index in [0.29, 0.717) is 0 Å². The quantitative estimate of drug-likeness (QED) is 0.474. The zero-order chi connectivity index (χ0) is 6.15. The van der Waals surface area contributed by atoms with Crippen molar-refractivity contribution in [3.05, 3.63) is 0 Å². The second kappa shape index (κ2) is 1.22. The first kappa shape index (κ1) is 6.96. The molecule has 3 N–H and O–H groups in total. The predicted octanol–water partition coefficient (Wildman–Crippen LogP) is 0.152. The standard InChI is InChI=1S/CH5FO4S/c2-1-7(3,4,5)6/h1H2,(H3,3,4,5,6). The van der Waals surface area contributed by atoms with Gasteiger partial charge in [0.15, 0.2) is 0 Å². The summed E-state index contributed by atoms with van der Waals surface area (Å²) in [5.41, 5.74) is 0. The van der Waals surface area contributed by atoms with E-state index in [1.54, 1.807) is 0 Å². The van der Waals surface area contributed by atoms with E-state index >= 15 is 0 Å². The molecule has 46 valence electrons. The van der Waals surface area contributed by atoms with Crippen LogP contribution in [-0.4, -0.2) is 23.9 Å². The first-order chi connectivity index (χ1) is 2.81. The fraction of sp³-hybridized carbons (Fsp3) is 1.00. The van der Waals surface area contributed by atoms with E-state index in [2.05, 4.69) is 0 Å². The normalized spacial score (nSPS) is 18.0. The van der Waals surface area contributed by atoms with Gasteiger partial charge in [0.05, 0.1) is 0 Å². The monoisotopic (exact) mass is 132 g/mol. The molecule has 0 heterocycles. The third-order valence-electron chi connectivity index (χ3n) is 0.191. The lowest BCUT2D eigenvalue weighted by Gasteiger charge is -2.17. The van der Waals surface area contributed by atoms with Crippen LogP contribution in [0.3, 0.4) is 0 Å². The highest BCUT2D eigenvalue weighted by Gasteiger charge is 2.23. The third kappa shape index (κ3) is 5.96. The van der Waals surface area contributed by atoms with Crippen molar-refractivity contribution in [2.24, 2.45) is 0 Å². The second-order valence-electron chi connectivity index (χ2n) is 1.08. The predicted molar refractivity (Wildman–Crippen MR) is 22.0 cm³/mol. The minimum absolute atomic E-state index is 2.04. The Balaban J connectivity index is 4.14. The highest BCUT2D eigenvalue weighted by molar-refractivity contribution is 8.04.